The summed E-state index contributed by atoms with van der Waals surface area (Å²) in [7, 11) is 3.16. The van der Waals surface area contributed by atoms with Gasteiger partial charge in [-0.25, -0.2) is 4.98 Å². The van der Waals surface area contributed by atoms with Crippen molar-refractivity contribution < 1.29 is 19.4 Å². The lowest BCUT2D eigenvalue weighted by Crippen LogP contribution is -2.08. The van der Waals surface area contributed by atoms with E-state index in [2.05, 4.69) is 10.3 Å². The third kappa shape index (κ3) is 2.74. The summed E-state index contributed by atoms with van der Waals surface area (Å²) >= 11 is 0. The number of carboxylic acids is 1. The zero-order valence-electron chi connectivity index (χ0n) is 11.3. The van der Waals surface area contributed by atoms with Crippen molar-refractivity contribution >= 4 is 22.6 Å². The van der Waals surface area contributed by atoms with E-state index in [4.69, 9.17) is 14.6 Å². The molecule has 0 aliphatic rings. The third-order valence-corrected chi connectivity index (χ3v) is 2.92. The summed E-state index contributed by atoms with van der Waals surface area (Å²) in [4.78, 5) is 14.8. The Bertz CT molecular complexity index is 628. The van der Waals surface area contributed by atoms with Gasteiger partial charge in [0.2, 0.25) is 0 Å². The first-order chi connectivity index (χ1) is 9.67. The van der Waals surface area contributed by atoms with Gasteiger partial charge in [-0.05, 0) is 18.2 Å². The number of carbonyl (C=O) groups is 1. The van der Waals surface area contributed by atoms with E-state index >= 15 is 0 Å². The molecule has 0 aliphatic carbocycles. The van der Waals surface area contributed by atoms with Gasteiger partial charge in [-0.3, -0.25) is 4.79 Å². The van der Waals surface area contributed by atoms with Crippen molar-refractivity contribution in [1.82, 2.24) is 4.98 Å². The summed E-state index contributed by atoms with van der Waals surface area (Å²) in [5, 5.41) is 13.4. The first-order valence-electron chi connectivity index (χ1n) is 6.12. The summed E-state index contributed by atoms with van der Waals surface area (Å²) in [6.45, 7) is 0.315. The molecule has 6 nitrogen and oxygen atoms in total. The number of aromatic nitrogens is 1. The van der Waals surface area contributed by atoms with Crippen LogP contribution < -0.4 is 14.8 Å². The number of carboxylic acid groups (broad SMARTS) is 1. The predicted molar refractivity (Wildman–Crippen MR) is 75.6 cm³/mol. The van der Waals surface area contributed by atoms with Crippen molar-refractivity contribution in [3.8, 4) is 11.5 Å². The number of fused-ring (bicyclic) bond motifs is 1. The van der Waals surface area contributed by atoms with Crippen LogP contribution in [0.2, 0.25) is 0 Å². The Kier molecular flexibility index (Phi) is 4.24. The van der Waals surface area contributed by atoms with Gasteiger partial charge < -0.3 is 19.9 Å². The number of nitrogens with one attached hydrogen (secondary N) is 1. The van der Waals surface area contributed by atoms with E-state index in [9.17, 15) is 4.79 Å². The van der Waals surface area contributed by atoms with Gasteiger partial charge in [0.25, 0.3) is 0 Å². The second-order valence-electron chi connectivity index (χ2n) is 4.13. The molecule has 1 aromatic heterocycles. The number of hydrogen-bond acceptors (Lipinski definition) is 5. The van der Waals surface area contributed by atoms with Crippen molar-refractivity contribution in [2.45, 2.75) is 6.42 Å². The Morgan fingerprint density at radius 1 is 1.25 bits per heavy atom. The first-order valence-corrected chi connectivity index (χ1v) is 6.12. The Morgan fingerprint density at radius 3 is 2.70 bits per heavy atom. The summed E-state index contributed by atoms with van der Waals surface area (Å²) in [5.74, 6) is 1.05. The van der Waals surface area contributed by atoms with Gasteiger partial charge in [-0.15, -0.1) is 0 Å². The molecule has 0 saturated carbocycles. The summed E-state index contributed by atoms with van der Waals surface area (Å²) < 4.78 is 10.6. The molecule has 0 aliphatic heterocycles. The maximum absolute atomic E-state index is 10.5. The molecule has 20 heavy (non-hydrogen) atoms. The minimum absolute atomic E-state index is 0.0331. The van der Waals surface area contributed by atoms with Gasteiger partial charge in [0.15, 0.2) is 11.5 Å². The number of methoxy groups -OCH3 is 2. The lowest BCUT2D eigenvalue weighted by atomic mass is 10.1. The molecule has 1 heterocycles. The lowest BCUT2D eigenvalue weighted by Gasteiger charge is -2.13. The molecule has 1 aromatic carbocycles. The Labute approximate surface area is 116 Å². The molecule has 2 aromatic rings. The quantitative estimate of drug-likeness (QED) is 0.841. The Hall–Kier alpha value is -2.50. The summed E-state index contributed by atoms with van der Waals surface area (Å²) in [5.41, 5.74) is 0. The zero-order valence-corrected chi connectivity index (χ0v) is 11.3. The van der Waals surface area contributed by atoms with E-state index in [1.807, 2.05) is 12.1 Å². The van der Waals surface area contributed by atoms with Crippen molar-refractivity contribution in [2.24, 2.45) is 0 Å². The van der Waals surface area contributed by atoms with E-state index in [1.165, 1.54) is 0 Å². The van der Waals surface area contributed by atoms with Gasteiger partial charge in [0.05, 0.1) is 20.6 Å². The number of rotatable bonds is 6. The highest BCUT2D eigenvalue weighted by molar-refractivity contribution is 5.97. The van der Waals surface area contributed by atoms with Crippen LogP contribution >= 0.6 is 0 Å². The van der Waals surface area contributed by atoms with E-state index in [1.54, 1.807) is 26.5 Å². The van der Waals surface area contributed by atoms with E-state index in [0.717, 1.165) is 10.8 Å². The van der Waals surface area contributed by atoms with Crippen LogP contribution in [0.4, 0.5) is 5.82 Å². The van der Waals surface area contributed by atoms with Crippen molar-refractivity contribution in [3.05, 3.63) is 24.4 Å². The van der Waals surface area contributed by atoms with Crippen LogP contribution in [0.3, 0.4) is 0 Å². The van der Waals surface area contributed by atoms with Gasteiger partial charge in [-0.2, -0.15) is 0 Å². The molecule has 0 amide bonds. The number of ether oxygens (including phenoxy) is 2. The minimum Gasteiger partial charge on any atom is -0.493 e. The molecule has 0 atom stereocenters. The molecule has 2 N–H and O–H groups in total. The van der Waals surface area contributed by atoms with E-state index < -0.39 is 5.97 Å². The molecular weight excluding hydrogens is 260 g/mol. The second-order valence-corrected chi connectivity index (χ2v) is 4.13. The molecule has 0 radical (unpaired) electrons. The monoisotopic (exact) mass is 276 g/mol. The molecule has 0 spiro atoms. The lowest BCUT2D eigenvalue weighted by molar-refractivity contribution is -0.136. The van der Waals surface area contributed by atoms with Gasteiger partial charge >= 0.3 is 5.97 Å². The standard InChI is InChI=1S/C14H16N2O4/c1-19-11-4-3-10-9(13(11)20-2)5-7-15-14(10)16-8-6-12(17)18/h3-5,7H,6,8H2,1-2H3,(H,15,16)(H,17,18). The first kappa shape index (κ1) is 13.9. The average Bonchev–Trinajstić information content (AvgIpc) is 2.45. The van der Waals surface area contributed by atoms with Crippen LogP contribution in [0.1, 0.15) is 6.42 Å². The molecule has 106 valence electrons. The maximum atomic E-state index is 10.5. The van der Waals surface area contributed by atoms with Crippen LogP contribution in [0.25, 0.3) is 10.8 Å². The predicted octanol–water partition coefficient (Wildman–Crippen LogP) is 2.14. The fourth-order valence-electron chi connectivity index (χ4n) is 2.01. The van der Waals surface area contributed by atoms with Crippen LogP contribution in [0, 0.1) is 0 Å². The Balaban J connectivity index is 2.40. The SMILES string of the molecule is COc1ccc2c(NCCC(=O)O)nccc2c1OC. The zero-order chi connectivity index (χ0) is 14.5. The molecular formula is C14H16N2O4. The third-order valence-electron chi connectivity index (χ3n) is 2.92. The fraction of sp³-hybridized carbons (Fsp3) is 0.286. The van der Waals surface area contributed by atoms with E-state index in [0.29, 0.717) is 23.9 Å². The summed E-state index contributed by atoms with van der Waals surface area (Å²) in [6, 6.07) is 5.50. The molecule has 6 heteroatoms. The summed E-state index contributed by atoms with van der Waals surface area (Å²) in [6.07, 6.45) is 1.68. The number of benzene rings is 1. The number of aliphatic carboxylic acids is 1. The second kappa shape index (κ2) is 6.10. The minimum atomic E-state index is -0.850. The van der Waals surface area contributed by atoms with Crippen LogP contribution in [0.15, 0.2) is 24.4 Å². The van der Waals surface area contributed by atoms with Crippen LogP contribution in [-0.4, -0.2) is 36.8 Å². The number of pyridine rings is 1. The number of hydrogen-bond donors (Lipinski definition) is 2. The Morgan fingerprint density at radius 2 is 2.05 bits per heavy atom. The normalized spacial score (nSPS) is 10.3. The largest absolute Gasteiger partial charge is 0.493 e. The van der Waals surface area contributed by atoms with E-state index in [-0.39, 0.29) is 6.42 Å². The van der Waals surface area contributed by atoms with Crippen molar-refractivity contribution in [2.75, 3.05) is 26.1 Å². The highest BCUT2D eigenvalue weighted by Crippen LogP contribution is 2.37. The number of anilines is 1. The topological polar surface area (TPSA) is 80.7 Å². The molecule has 2 rings (SSSR count). The van der Waals surface area contributed by atoms with Crippen LogP contribution in [0.5, 0.6) is 11.5 Å². The molecule has 0 saturated heterocycles. The highest BCUT2D eigenvalue weighted by Gasteiger charge is 2.11. The van der Waals surface area contributed by atoms with Crippen LogP contribution in [-0.2, 0) is 4.79 Å². The smallest absolute Gasteiger partial charge is 0.305 e. The van der Waals surface area contributed by atoms with Gasteiger partial charge in [0, 0.05) is 23.5 Å². The molecule has 0 bridgehead atoms. The maximum Gasteiger partial charge on any atom is 0.305 e. The van der Waals surface area contributed by atoms with Gasteiger partial charge in [-0.1, -0.05) is 0 Å². The molecule has 0 fully saturated rings. The number of nitrogens with zero attached hydrogens (tertiary/aromatic N) is 1. The average molecular weight is 276 g/mol. The van der Waals surface area contributed by atoms with Crippen molar-refractivity contribution in [1.29, 1.82) is 0 Å². The highest BCUT2D eigenvalue weighted by atomic mass is 16.5. The van der Waals surface area contributed by atoms with Gasteiger partial charge in [0.1, 0.15) is 5.82 Å². The van der Waals surface area contributed by atoms with Crippen molar-refractivity contribution in [3.63, 3.8) is 0 Å². The fourth-order valence-corrected chi connectivity index (χ4v) is 2.01. The molecule has 0 unspecified atom stereocenters.